The van der Waals surface area contributed by atoms with Gasteiger partial charge in [0.05, 0.1) is 28.3 Å². The molecule has 1 amide bonds. The maximum atomic E-state index is 12.8. The lowest BCUT2D eigenvalue weighted by atomic mass is 9.95. The van der Waals surface area contributed by atoms with E-state index >= 15 is 0 Å². The average molecular weight is 420 g/mol. The standard InChI is InChI=1S/C21H19Cl2NO4/c1-12-3-5-13(6-4-12)19(25)17-18(14-7-8-15(22)16(23)11-14)24(9-10-28-2)21(27)20(17)26/h3-8,11,18,25H,9-10H2,1-2H3. The first kappa shape index (κ1) is 20.4. The zero-order valence-corrected chi connectivity index (χ0v) is 16.9. The summed E-state index contributed by atoms with van der Waals surface area (Å²) in [4.78, 5) is 26.8. The van der Waals surface area contributed by atoms with E-state index in [-0.39, 0.29) is 24.5 Å². The Balaban J connectivity index is 2.17. The van der Waals surface area contributed by atoms with Gasteiger partial charge in [-0.25, -0.2) is 0 Å². The minimum absolute atomic E-state index is 0.0170. The summed E-state index contributed by atoms with van der Waals surface area (Å²) in [5.41, 5.74) is 2.07. The molecule has 1 N–H and O–H groups in total. The summed E-state index contributed by atoms with van der Waals surface area (Å²) in [5.74, 6) is -1.67. The van der Waals surface area contributed by atoms with Crippen molar-refractivity contribution in [3.8, 4) is 0 Å². The van der Waals surface area contributed by atoms with Gasteiger partial charge >= 0.3 is 0 Å². The molecule has 1 heterocycles. The predicted molar refractivity (Wildman–Crippen MR) is 109 cm³/mol. The molecule has 7 heteroatoms. The van der Waals surface area contributed by atoms with Gasteiger partial charge in [0.25, 0.3) is 11.7 Å². The Kier molecular flexibility index (Phi) is 6.08. The Morgan fingerprint density at radius 1 is 1.11 bits per heavy atom. The molecule has 1 unspecified atom stereocenters. The molecule has 1 fully saturated rings. The lowest BCUT2D eigenvalue weighted by Crippen LogP contribution is -2.32. The topological polar surface area (TPSA) is 66.8 Å². The van der Waals surface area contributed by atoms with Gasteiger partial charge in [0.1, 0.15) is 5.76 Å². The van der Waals surface area contributed by atoms with E-state index in [1.54, 1.807) is 30.3 Å². The van der Waals surface area contributed by atoms with Crippen LogP contribution in [0.4, 0.5) is 0 Å². The molecule has 1 aliphatic heterocycles. The molecule has 0 saturated carbocycles. The number of carbonyl (C=O) groups excluding carboxylic acids is 2. The maximum absolute atomic E-state index is 12.8. The molecule has 2 aromatic rings. The molecule has 1 saturated heterocycles. The Labute approximate surface area is 173 Å². The number of ether oxygens (including phenoxy) is 1. The lowest BCUT2D eigenvalue weighted by Gasteiger charge is -2.25. The summed E-state index contributed by atoms with van der Waals surface area (Å²) in [5, 5.41) is 11.5. The number of benzene rings is 2. The van der Waals surface area contributed by atoms with Crippen molar-refractivity contribution in [2.45, 2.75) is 13.0 Å². The summed E-state index contributed by atoms with van der Waals surface area (Å²) in [6, 6.07) is 11.2. The number of aliphatic hydroxyl groups is 1. The van der Waals surface area contributed by atoms with Gasteiger partial charge in [-0.2, -0.15) is 0 Å². The average Bonchev–Trinajstić information content (AvgIpc) is 2.93. The van der Waals surface area contributed by atoms with Crippen LogP contribution in [0.5, 0.6) is 0 Å². The molecule has 0 spiro atoms. The minimum Gasteiger partial charge on any atom is -0.507 e. The van der Waals surface area contributed by atoms with Crippen LogP contribution in [0.3, 0.4) is 0 Å². The second-order valence-electron chi connectivity index (χ2n) is 6.52. The number of hydrogen-bond acceptors (Lipinski definition) is 4. The number of ketones is 1. The highest BCUT2D eigenvalue weighted by Crippen LogP contribution is 2.40. The molecule has 1 atom stereocenters. The number of aryl methyl sites for hydroxylation is 1. The minimum atomic E-state index is -0.786. The van der Waals surface area contributed by atoms with Crippen LogP contribution in [0.1, 0.15) is 22.7 Å². The molecule has 5 nitrogen and oxygen atoms in total. The fourth-order valence-electron chi connectivity index (χ4n) is 3.20. The third kappa shape index (κ3) is 3.78. The molecule has 0 aliphatic carbocycles. The van der Waals surface area contributed by atoms with Crippen LogP contribution in [0.25, 0.3) is 5.76 Å². The van der Waals surface area contributed by atoms with Crippen molar-refractivity contribution >= 4 is 40.7 Å². The van der Waals surface area contributed by atoms with Gasteiger partial charge in [-0.1, -0.05) is 59.1 Å². The molecule has 2 aromatic carbocycles. The van der Waals surface area contributed by atoms with Crippen LogP contribution >= 0.6 is 23.2 Å². The van der Waals surface area contributed by atoms with E-state index < -0.39 is 17.7 Å². The van der Waals surface area contributed by atoms with Crippen molar-refractivity contribution in [3.63, 3.8) is 0 Å². The summed E-state index contributed by atoms with van der Waals surface area (Å²) >= 11 is 12.2. The third-order valence-corrected chi connectivity index (χ3v) is 5.40. The first-order chi connectivity index (χ1) is 13.3. The molecule has 146 valence electrons. The fourth-order valence-corrected chi connectivity index (χ4v) is 3.50. The molecule has 0 radical (unpaired) electrons. The maximum Gasteiger partial charge on any atom is 0.295 e. The second kappa shape index (κ2) is 8.35. The fraction of sp³-hybridized carbons (Fsp3) is 0.238. The molecule has 0 bridgehead atoms. The van der Waals surface area contributed by atoms with Crippen LogP contribution in [0.15, 0.2) is 48.0 Å². The lowest BCUT2D eigenvalue weighted by molar-refractivity contribution is -0.140. The second-order valence-corrected chi connectivity index (χ2v) is 7.34. The number of likely N-dealkylation sites (tertiary alicyclic amines) is 1. The van der Waals surface area contributed by atoms with Crippen molar-refractivity contribution < 1.29 is 19.4 Å². The smallest absolute Gasteiger partial charge is 0.295 e. The van der Waals surface area contributed by atoms with E-state index in [0.29, 0.717) is 21.2 Å². The summed E-state index contributed by atoms with van der Waals surface area (Å²) in [6.07, 6.45) is 0. The largest absolute Gasteiger partial charge is 0.507 e. The zero-order valence-electron chi connectivity index (χ0n) is 15.4. The highest BCUT2D eigenvalue weighted by atomic mass is 35.5. The summed E-state index contributed by atoms with van der Waals surface area (Å²) in [6.45, 7) is 2.36. The van der Waals surface area contributed by atoms with Crippen LogP contribution in [0.2, 0.25) is 10.0 Å². The monoisotopic (exact) mass is 419 g/mol. The number of halogens is 2. The molecular formula is C21H19Cl2NO4. The van der Waals surface area contributed by atoms with Gasteiger partial charge in [0.15, 0.2) is 0 Å². The number of methoxy groups -OCH3 is 1. The normalized spacial score (nSPS) is 18.7. The van der Waals surface area contributed by atoms with Crippen LogP contribution in [-0.4, -0.2) is 42.0 Å². The summed E-state index contributed by atoms with van der Waals surface area (Å²) in [7, 11) is 1.51. The number of carbonyl (C=O) groups is 2. The van der Waals surface area contributed by atoms with Crippen molar-refractivity contribution in [3.05, 3.63) is 74.8 Å². The third-order valence-electron chi connectivity index (χ3n) is 4.66. The van der Waals surface area contributed by atoms with Crippen molar-refractivity contribution in [1.82, 2.24) is 4.90 Å². The van der Waals surface area contributed by atoms with E-state index in [1.807, 2.05) is 19.1 Å². The number of hydrogen-bond donors (Lipinski definition) is 1. The van der Waals surface area contributed by atoms with E-state index in [9.17, 15) is 14.7 Å². The number of aliphatic hydroxyl groups excluding tert-OH is 1. The van der Waals surface area contributed by atoms with Crippen LogP contribution < -0.4 is 0 Å². The number of amides is 1. The highest BCUT2D eigenvalue weighted by Gasteiger charge is 2.45. The SMILES string of the molecule is COCCN1C(=O)C(=O)C(=C(O)c2ccc(C)cc2)C1c1ccc(Cl)c(Cl)c1. The molecule has 0 aromatic heterocycles. The van der Waals surface area contributed by atoms with E-state index in [2.05, 4.69) is 0 Å². The Morgan fingerprint density at radius 2 is 1.79 bits per heavy atom. The number of rotatable bonds is 5. The van der Waals surface area contributed by atoms with Gasteiger partial charge in [-0.05, 0) is 24.6 Å². The van der Waals surface area contributed by atoms with E-state index in [0.717, 1.165) is 5.56 Å². The quantitative estimate of drug-likeness (QED) is 0.443. The Bertz CT molecular complexity index is 953. The van der Waals surface area contributed by atoms with Crippen molar-refractivity contribution in [1.29, 1.82) is 0 Å². The van der Waals surface area contributed by atoms with Crippen molar-refractivity contribution in [2.75, 3.05) is 20.3 Å². The van der Waals surface area contributed by atoms with Crippen LogP contribution in [-0.2, 0) is 14.3 Å². The van der Waals surface area contributed by atoms with E-state index in [4.69, 9.17) is 27.9 Å². The molecular weight excluding hydrogens is 401 g/mol. The first-order valence-corrected chi connectivity index (χ1v) is 9.40. The first-order valence-electron chi connectivity index (χ1n) is 8.64. The Hall–Kier alpha value is -2.34. The van der Waals surface area contributed by atoms with Crippen LogP contribution in [0, 0.1) is 6.92 Å². The summed E-state index contributed by atoms with van der Waals surface area (Å²) < 4.78 is 5.08. The predicted octanol–water partition coefficient (Wildman–Crippen LogP) is 4.37. The highest BCUT2D eigenvalue weighted by molar-refractivity contribution is 6.46. The van der Waals surface area contributed by atoms with E-state index in [1.165, 1.54) is 12.0 Å². The zero-order chi connectivity index (χ0) is 20.4. The molecule has 3 rings (SSSR count). The number of nitrogens with zero attached hydrogens (tertiary/aromatic N) is 1. The van der Waals surface area contributed by atoms with Gasteiger partial charge in [-0.15, -0.1) is 0 Å². The number of Topliss-reactive ketones (excluding diaryl/α,β-unsaturated/α-hetero) is 1. The molecule has 28 heavy (non-hydrogen) atoms. The van der Waals surface area contributed by atoms with Gasteiger partial charge < -0.3 is 14.7 Å². The molecule has 1 aliphatic rings. The van der Waals surface area contributed by atoms with Gasteiger partial charge in [0, 0.05) is 19.2 Å². The van der Waals surface area contributed by atoms with Crippen molar-refractivity contribution in [2.24, 2.45) is 0 Å². The van der Waals surface area contributed by atoms with Gasteiger partial charge in [0.2, 0.25) is 0 Å². The Morgan fingerprint density at radius 3 is 2.39 bits per heavy atom. The van der Waals surface area contributed by atoms with Gasteiger partial charge in [-0.3, -0.25) is 9.59 Å².